The van der Waals surface area contributed by atoms with Crippen molar-refractivity contribution in [3.8, 4) is 0 Å². The van der Waals surface area contributed by atoms with E-state index in [0.717, 1.165) is 25.2 Å². The monoisotopic (exact) mass is 225 g/mol. The summed E-state index contributed by atoms with van der Waals surface area (Å²) >= 11 is 0. The van der Waals surface area contributed by atoms with Crippen LogP contribution in [0.4, 0.5) is 0 Å². The molecule has 0 aliphatic rings. The number of aliphatic hydroxyl groups is 1. The molecule has 1 rings (SSSR count). The number of nitrogens with zero attached hydrogens (tertiary/aromatic N) is 2. The Hall–Kier alpha value is -0.870. The van der Waals surface area contributed by atoms with E-state index in [9.17, 15) is 0 Å². The first-order chi connectivity index (χ1) is 7.76. The molecule has 0 fully saturated rings. The molecular formula is C12H23N3O. The predicted molar refractivity (Wildman–Crippen MR) is 65.0 cm³/mol. The van der Waals surface area contributed by atoms with E-state index < -0.39 is 0 Å². The van der Waals surface area contributed by atoms with Gasteiger partial charge in [0.2, 0.25) is 0 Å². The molecule has 4 heteroatoms. The third-order valence-corrected chi connectivity index (χ3v) is 2.74. The summed E-state index contributed by atoms with van der Waals surface area (Å²) in [7, 11) is 1.93. The van der Waals surface area contributed by atoms with Crippen molar-refractivity contribution in [1.29, 1.82) is 0 Å². The molecule has 0 radical (unpaired) electrons. The first-order valence-electron chi connectivity index (χ1n) is 6.06. The van der Waals surface area contributed by atoms with E-state index in [1.165, 1.54) is 12.8 Å². The minimum atomic E-state index is 0.288. The highest BCUT2D eigenvalue weighted by Gasteiger charge is 2.06. The van der Waals surface area contributed by atoms with Gasteiger partial charge >= 0.3 is 0 Å². The van der Waals surface area contributed by atoms with Gasteiger partial charge in [-0.3, -0.25) is 4.68 Å². The maximum atomic E-state index is 8.94. The normalized spacial score (nSPS) is 12.9. The van der Waals surface area contributed by atoms with Gasteiger partial charge in [0, 0.05) is 26.4 Å². The maximum absolute atomic E-state index is 8.94. The van der Waals surface area contributed by atoms with Crippen LogP contribution < -0.4 is 5.32 Å². The van der Waals surface area contributed by atoms with E-state index in [-0.39, 0.29) is 6.61 Å². The molecule has 2 N–H and O–H groups in total. The molecule has 0 amide bonds. The molecule has 0 aliphatic heterocycles. The summed E-state index contributed by atoms with van der Waals surface area (Å²) in [5, 5.41) is 16.6. The Labute approximate surface area is 97.7 Å². The molecule has 1 heterocycles. The molecule has 92 valence electrons. The van der Waals surface area contributed by atoms with Gasteiger partial charge in [-0.2, -0.15) is 5.10 Å². The van der Waals surface area contributed by atoms with Gasteiger partial charge in [0.05, 0.1) is 5.69 Å². The van der Waals surface area contributed by atoms with Gasteiger partial charge in [0.15, 0.2) is 0 Å². The van der Waals surface area contributed by atoms with Gasteiger partial charge in [-0.25, -0.2) is 0 Å². The average Bonchev–Trinajstić information content (AvgIpc) is 2.65. The summed E-state index contributed by atoms with van der Waals surface area (Å²) in [4.78, 5) is 0. The number of aliphatic hydroxyl groups excluding tert-OH is 1. The van der Waals surface area contributed by atoms with E-state index >= 15 is 0 Å². The van der Waals surface area contributed by atoms with Crippen LogP contribution in [0.5, 0.6) is 0 Å². The van der Waals surface area contributed by atoms with Crippen LogP contribution in [-0.4, -0.2) is 28.0 Å². The highest BCUT2D eigenvalue weighted by molar-refractivity contribution is 4.97. The van der Waals surface area contributed by atoms with Crippen LogP contribution in [0.1, 0.15) is 31.9 Å². The molecule has 1 aromatic heterocycles. The van der Waals surface area contributed by atoms with E-state index in [4.69, 9.17) is 5.11 Å². The van der Waals surface area contributed by atoms with Crippen molar-refractivity contribution in [2.24, 2.45) is 13.0 Å². The average molecular weight is 225 g/mol. The largest absolute Gasteiger partial charge is 0.396 e. The van der Waals surface area contributed by atoms with Crippen LogP contribution in [0.15, 0.2) is 12.3 Å². The molecule has 16 heavy (non-hydrogen) atoms. The Bertz CT molecular complexity index is 280. The zero-order chi connectivity index (χ0) is 11.8. The Balaban J connectivity index is 2.21. The Morgan fingerprint density at radius 3 is 2.88 bits per heavy atom. The van der Waals surface area contributed by atoms with E-state index in [2.05, 4.69) is 17.3 Å². The summed E-state index contributed by atoms with van der Waals surface area (Å²) in [5.41, 5.74) is 1.07. The zero-order valence-electron chi connectivity index (χ0n) is 10.3. The summed E-state index contributed by atoms with van der Waals surface area (Å²) in [6, 6.07) is 2.02. The van der Waals surface area contributed by atoms with Crippen molar-refractivity contribution in [2.45, 2.75) is 32.7 Å². The summed E-state index contributed by atoms with van der Waals surface area (Å²) in [6.45, 7) is 4.25. The fourth-order valence-electron chi connectivity index (χ4n) is 1.90. The molecule has 0 aliphatic carbocycles. The second-order valence-electron chi connectivity index (χ2n) is 4.28. The van der Waals surface area contributed by atoms with Gasteiger partial charge < -0.3 is 10.4 Å². The molecule has 1 aromatic rings. The quantitative estimate of drug-likeness (QED) is 0.701. The standard InChI is InChI=1S/C12H23N3O/c1-3-4-11(6-8-16)9-13-10-12-5-7-15(2)14-12/h5,7,11,13,16H,3-4,6,8-10H2,1-2H3. The van der Waals surface area contributed by atoms with Crippen molar-refractivity contribution >= 4 is 0 Å². The summed E-state index contributed by atoms with van der Waals surface area (Å²) < 4.78 is 1.81. The second-order valence-corrected chi connectivity index (χ2v) is 4.28. The third-order valence-electron chi connectivity index (χ3n) is 2.74. The number of aromatic nitrogens is 2. The first kappa shape index (κ1) is 13.2. The van der Waals surface area contributed by atoms with Gasteiger partial charge in [-0.05, 0) is 31.4 Å². The van der Waals surface area contributed by atoms with Gasteiger partial charge in [-0.1, -0.05) is 13.3 Å². The van der Waals surface area contributed by atoms with Crippen LogP contribution in [0.3, 0.4) is 0 Å². The fraction of sp³-hybridized carbons (Fsp3) is 0.750. The molecule has 0 saturated heterocycles. The van der Waals surface area contributed by atoms with Crippen LogP contribution in [-0.2, 0) is 13.6 Å². The van der Waals surface area contributed by atoms with Crippen LogP contribution >= 0.6 is 0 Å². The summed E-state index contributed by atoms with van der Waals surface area (Å²) in [6.07, 6.45) is 5.20. The van der Waals surface area contributed by atoms with Crippen molar-refractivity contribution in [3.05, 3.63) is 18.0 Å². The Kier molecular flexibility index (Phi) is 6.11. The Morgan fingerprint density at radius 2 is 2.31 bits per heavy atom. The van der Waals surface area contributed by atoms with Crippen molar-refractivity contribution < 1.29 is 5.11 Å². The Morgan fingerprint density at radius 1 is 1.50 bits per heavy atom. The van der Waals surface area contributed by atoms with Gasteiger partial charge in [0.25, 0.3) is 0 Å². The number of nitrogens with one attached hydrogen (secondary N) is 1. The first-order valence-corrected chi connectivity index (χ1v) is 6.06. The van der Waals surface area contributed by atoms with Crippen LogP contribution in [0.2, 0.25) is 0 Å². The lowest BCUT2D eigenvalue weighted by Gasteiger charge is -2.14. The minimum absolute atomic E-state index is 0.288. The summed E-state index contributed by atoms with van der Waals surface area (Å²) in [5.74, 6) is 0.582. The van der Waals surface area contributed by atoms with Crippen LogP contribution in [0, 0.1) is 5.92 Å². The smallest absolute Gasteiger partial charge is 0.0762 e. The molecule has 0 aromatic carbocycles. The minimum Gasteiger partial charge on any atom is -0.396 e. The van der Waals surface area contributed by atoms with Gasteiger partial charge in [0.1, 0.15) is 0 Å². The molecule has 0 bridgehead atoms. The van der Waals surface area contributed by atoms with Crippen LogP contribution in [0.25, 0.3) is 0 Å². The second kappa shape index (κ2) is 7.41. The zero-order valence-corrected chi connectivity index (χ0v) is 10.3. The van der Waals surface area contributed by atoms with Crippen molar-refractivity contribution in [1.82, 2.24) is 15.1 Å². The maximum Gasteiger partial charge on any atom is 0.0762 e. The number of hydrogen-bond acceptors (Lipinski definition) is 3. The fourth-order valence-corrected chi connectivity index (χ4v) is 1.90. The highest BCUT2D eigenvalue weighted by atomic mass is 16.3. The molecule has 0 saturated carbocycles. The van der Waals surface area contributed by atoms with Crippen molar-refractivity contribution in [3.63, 3.8) is 0 Å². The van der Waals surface area contributed by atoms with Gasteiger partial charge in [-0.15, -0.1) is 0 Å². The lowest BCUT2D eigenvalue weighted by Crippen LogP contribution is -2.23. The van der Waals surface area contributed by atoms with Crippen molar-refractivity contribution in [2.75, 3.05) is 13.2 Å². The predicted octanol–water partition coefficient (Wildman–Crippen LogP) is 1.31. The third kappa shape index (κ3) is 4.77. The number of rotatable bonds is 8. The molecule has 4 nitrogen and oxygen atoms in total. The topological polar surface area (TPSA) is 50.1 Å². The lowest BCUT2D eigenvalue weighted by atomic mass is 10.0. The number of hydrogen-bond donors (Lipinski definition) is 2. The molecule has 1 atom stereocenters. The lowest BCUT2D eigenvalue weighted by molar-refractivity contribution is 0.248. The number of aryl methyl sites for hydroxylation is 1. The molecule has 1 unspecified atom stereocenters. The SMILES string of the molecule is CCCC(CCO)CNCc1ccn(C)n1. The molecule has 0 spiro atoms. The highest BCUT2D eigenvalue weighted by Crippen LogP contribution is 2.09. The van der Waals surface area contributed by atoms with E-state index in [1.807, 2.05) is 24.0 Å². The van der Waals surface area contributed by atoms with E-state index in [1.54, 1.807) is 0 Å². The van der Waals surface area contributed by atoms with E-state index in [0.29, 0.717) is 5.92 Å². The molecular weight excluding hydrogens is 202 g/mol.